The number of hydrogen-bond acceptors (Lipinski definition) is 0. The van der Waals surface area contributed by atoms with E-state index in [9.17, 15) is 0 Å². The number of fused-ring (bicyclic) bond motifs is 8. The fourth-order valence-corrected chi connectivity index (χ4v) is 7.96. The summed E-state index contributed by atoms with van der Waals surface area (Å²) in [5.74, 6) is 6.08. The maximum Gasteiger partial charge on any atom is -0.00324 e. The monoisotopic (exact) mass is 312 g/mol. The molecule has 6 aliphatic carbocycles. The zero-order valence-electron chi connectivity index (χ0n) is 14.5. The molecule has 0 radical (unpaired) electrons. The summed E-state index contributed by atoms with van der Waals surface area (Å²) in [5.41, 5.74) is 8.06. The molecule has 2 aromatic rings. The fraction of sp³-hybridized carbons (Fsp3) is 0.500. The lowest BCUT2D eigenvalue weighted by Crippen LogP contribution is -2.34. The van der Waals surface area contributed by atoms with Gasteiger partial charge in [-0.15, -0.1) is 0 Å². The molecule has 4 saturated carbocycles. The normalized spacial score (nSPS) is 50.9. The molecule has 0 aromatic heterocycles. The minimum atomic E-state index is 0.603. The first kappa shape index (κ1) is 12.8. The molecule has 2 aromatic carbocycles. The van der Waals surface area contributed by atoms with Gasteiger partial charge in [-0.05, 0) is 81.4 Å². The van der Waals surface area contributed by atoms with E-state index >= 15 is 0 Å². The Kier molecular flexibility index (Phi) is 1.87. The molecule has 24 heavy (non-hydrogen) atoms. The van der Waals surface area contributed by atoms with Crippen LogP contribution in [0, 0.1) is 23.2 Å². The lowest BCUT2D eigenvalue weighted by molar-refractivity contribution is 0.247. The first-order valence-corrected chi connectivity index (χ1v) is 9.83. The standard InChI is InChI=1S/2C12H12/c1-12-6-8-10(11(8)12)7-4-2-3-5-9(7)12;1-12-6-9-7-4-2-3-5-8(7)10(12)11(9)12/h2-5,8,10-11H,6H2,1H3;2-5,9-11H,6H2,1H3. The Morgan fingerprint density at radius 1 is 0.792 bits per heavy atom. The van der Waals surface area contributed by atoms with E-state index in [1.54, 1.807) is 22.3 Å². The van der Waals surface area contributed by atoms with E-state index in [2.05, 4.69) is 62.4 Å². The largest absolute Gasteiger partial charge is 0.0620 e. The highest BCUT2D eigenvalue weighted by atomic mass is 14.8. The fourth-order valence-electron chi connectivity index (χ4n) is 7.96. The summed E-state index contributed by atoms with van der Waals surface area (Å²) >= 11 is 0. The number of hydrogen-bond donors (Lipinski definition) is 0. The maximum atomic E-state index is 2.47. The molecular formula is C24H24. The van der Waals surface area contributed by atoms with Crippen molar-refractivity contribution in [1.29, 1.82) is 0 Å². The Morgan fingerprint density at radius 2 is 1.50 bits per heavy atom. The second-order valence-corrected chi connectivity index (χ2v) is 9.87. The highest BCUT2D eigenvalue weighted by Gasteiger charge is 2.77. The van der Waals surface area contributed by atoms with Crippen LogP contribution in [0.3, 0.4) is 0 Å². The minimum absolute atomic E-state index is 0.603. The summed E-state index contributed by atoms with van der Waals surface area (Å²) in [5, 5.41) is 0. The van der Waals surface area contributed by atoms with Gasteiger partial charge in [0.1, 0.15) is 0 Å². The van der Waals surface area contributed by atoms with E-state index < -0.39 is 0 Å². The Hall–Kier alpha value is -1.56. The van der Waals surface area contributed by atoms with Gasteiger partial charge in [0.15, 0.2) is 0 Å². The Balaban J connectivity index is 0.0000000937. The lowest BCUT2D eigenvalue weighted by Gasteiger charge is -2.38. The van der Waals surface area contributed by atoms with E-state index in [0.717, 1.165) is 40.9 Å². The van der Waals surface area contributed by atoms with Crippen LogP contribution in [0.1, 0.15) is 66.7 Å². The Morgan fingerprint density at radius 3 is 2.29 bits per heavy atom. The SMILES string of the molecule is CC12CC3C(c4ccccc41)C32.CC12CC3c4ccccc4C1C32. The van der Waals surface area contributed by atoms with E-state index in [1.807, 2.05) is 0 Å². The van der Waals surface area contributed by atoms with E-state index in [0.29, 0.717) is 5.41 Å². The molecule has 120 valence electrons. The predicted molar refractivity (Wildman–Crippen MR) is 96.3 cm³/mol. The van der Waals surface area contributed by atoms with Crippen LogP contribution in [0.15, 0.2) is 48.5 Å². The van der Waals surface area contributed by atoms with Crippen LogP contribution in [-0.2, 0) is 5.41 Å². The van der Waals surface area contributed by atoms with Gasteiger partial charge < -0.3 is 0 Å². The third-order valence-corrected chi connectivity index (χ3v) is 9.04. The third-order valence-electron chi connectivity index (χ3n) is 9.04. The topological polar surface area (TPSA) is 0 Å². The van der Waals surface area contributed by atoms with Crippen molar-refractivity contribution in [1.82, 2.24) is 0 Å². The molecule has 8 unspecified atom stereocenters. The van der Waals surface area contributed by atoms with Crippen molar-refractivity contribution in [3.05, 3.63) is 70.8 Å². The second kappa shape index (κ2) is 3.52. The van der Waals surface area contributed by atoms with Crippen LogP contribution in [0.25, 0.3) is 0 Å². The van der Waals surface area contributed by atoms with Gasteiger partial charge in [0.2, 0.25) is 0 Å². The maximum absolute atomic E-state index is 2.47. The van der Waals surface area contributed by atoms with Gasteiger partial charge in [0, 0.05) is 0 Å². The predicted octanol–water partition coefficient (Wildman–Crippen LogP) is 5.60. The molecule has 8 rings (SSSR count). The zero-order chi connectivity index (χ0) is 15.8. The lowest BCUT2D eigenvalue weighted by atomic mass is 9.65. The van der Waals surface area contributed by atoms with Crippen LogP contribution in [0.5, 0.6) is 0 Å². The molecule has 0 amide bonds. The molecule has 6 aliphatic rings. The van der Waals surface area contributed by atoms with Crippen LogP contribution in [0.4, 0.5) is 0 Å². The van der Waals surface area contributed by atoms with Crippen molar-refractivity contribution >= 4 is 0 Å². The van der Waals surface area contributed by atoms with Crippen molar-refractivity contribution in [2.45, 2.75) is 49.9 Å². The molecule has 0 nitrogen and oxygen atoms in total. The molecular weight excluding hydrogens is 288 g/mol. The number of benzene rings is 2. The molecule has 0 heteroatoms. The Bertz CT molecular complexity index is 910. The van der Waals surface area contributed by atoms with Gasteiger partial charge in [0.25, 0.3) is 0 Å². The van der Waals surface area contributed by atoms with Crippen molar-refractivity contribution in [2.24, 2.45) is 23.2 Å². The average Bonchev–Trinajstić information content (AvgIpc) is 3.27. The van der Waals surface area contributed by atoms with Crippen molar-refractivity contribution in [2.75, 3.05) is 0 Å². The molecule has 0 heterocycles. The summed E-state index contributed by atoms with van der Waals surface area (Å²) in [4.78, 5) is 0. The molecule has 0 bridgehead atoms. The van der Waals surface area contributed by atoms with Gasteiger partial charge in [-0.1, -0.05) is 62.4 Å². The van der Waals surface area contributed by atoms with Crippen LogP contribution < -0.4 is 0 Å². The first-order chi connectivity index (χ1) is 11.6. The van der Waals surface area contributed by atoms with Gasteiger partial charge in [-0.2, -0.15) is 0 Å². The summed E-state index contributed by atoms with van der Waals surface area (Å²) in [6, 6.07) is 18.2. The number of rotatable bonds is 0. The van der Waals surface area contributed by atoms with Crippen molar-refractivity contribution < 1.29 is 0 Å². The van der Waals surface area contributed by atoms with Crippen LogP contribution >= 0.6 is 0 Å². The van der Waals surface area contributed by atoms with E-state index in [-0.39, 0.29) is 0 Å². The van der Waals surface area contributed by atoms with Gasteiger partial charge in [-0.25, -0.2) is 0 Å². The highest BCUT2D eigenvalue weighted by Crippen LogP contribution is 2.86. The van der Waals surface area contributed by atoms with Gasteiger partial charge in [-0.3, -0.25) is 0 Å². The Labute approximate surface area is 144 Å². The highest BCUT2D eigenvalue weighted by molar-refractivity contribution is 5.56. The van der Waals surface area contributed by atoms with Crippen LogP contribution in [0.2, 0.25) is 0 Å². The summed E-state index contributed by atoms with van der Waals surface area (Å²) in [6.45, 7) is 4.93. The van der Waals surface area contributed by atoms with Gasteiger partial charge >= 0.3 is 0 Å². The molecule has 0 N–H and O–H groups in total. The van der Waals surface area contributed by atoms with Crippen molar-refractivity contribution in [3.8, 4) is 0 Å². The summed E-state index contributed by atoms with van der Waals surface area (Å²) in [6.07, 6.45) is 2.94. The molecule has 0 saturated heterocycles. The summed E-state index contributed by atoms with van der Waals surface area (Å²) in [7, 11) is 0. The van der Waals surface area contributed by atoms with E-state index in [1.165, 1.54) is 12.8 Å². The second-order valence-electron chi connectivity index (χ2n) is 9.87. The molecule has 4 fully saturated rings. The third kappa shape index (κ3) is 1.14. The zero-order valence-corrected chi connectivity index (χ0v) is 14.5. The molecule has 8 atom stereocenters. The molecule has 0 spiro atoms. The average molecular weight is 312 g/mol. The van der Waals surface area contributed by atoms with Gasteiger partial charge in [0.05, 0.1) is 0 Å². The summed E-state index contributed by atoms with van der Waals surface area (Å²) < 4.78 is 0. The van der Waals surface area contributed by atoms with E-state index in [4.69, 9.17) is 0 Å². The molecule has 0 aliphatic heterocycles. The quantitative estimate of drug-likeness (QED) is 0.594. The van der Waals surface area contributed by atoms with Crippen LogP contribution in [-0.4, -0.2) is 0 Å². The minimum Gasteiger partial charge on any atom is -0.0620 e. The first-order valence-electron chi connectivity index (χ1n) is 9.83. The van der Waals surface area contributed by atoms with Crippen molar-refractivity contribution in [3.63, 3.8) is 0 Å². The smallest absolute Gasteiger partial charge is 0.00324 e.